The number of carbonyl (C=O) groups is 3. The van der Waals surface area contributed by atoms with Gasteiger partial charge in [0, 0.05) is 18.0 Å². The topological polar surface area (TPSA) is 133 Å². The Hall–Kier alpha value is -3.09. The third-order valence-corrected chi connectivity index (χ3v) is 15.1. The predicted octanol–water partition coefficient (Wildman–Crippen LogP) is 5.13. The maximum Gasteiger partial charge on any atom is 0.509 e. The van der Waals surface area contributed by atoms with E-state index in [9.17, 15) is 19.5 Å². The molecule has 4 aliphatic rings. The van der Waals surface area contributed by atoms with Gasteiger partial charge in [0.2, 0.25) is 0 Å². The van der Waals surface area contributed by atoms with Crippen molar-refractivity contribution in [2.45, 2.75) is 140 Å². The molecule has 2 heterocycles. The van der Waals surface area contributed by atoms with Crippen LogP contribution in [-0.2, 0) is 35.6 Å². The summed E-state index contributed by atoms with van der Waals surface area (Å²) in [7, 11) is -0.214. The maximum atomic E-state index is 13.5. The Kier molecular flexibility index (Phi) is 8.84. The zero-order chi connectivity index (χ0) is 34.9. The van der Waals surface area contributed by atoms with E-state index in [0.717, 1.165) is 17.7 Å². The summed E-state index contributed by atoms with van der Waals surface area (Å²) in [5.41, 5.74) is -0.712. The van der Waals surface area contributed by atoms with E-state index in [2.05, 4.69) is 50.1 Å². The minimum absolute atomic E-state index is 0.0471. The molecule has 2 aliphatic carbocycles. The van der Waals surface area contributed by atoms with Crippen molar-refractivity contribution in [2.24, 2.45) is 0 Å². The van der Waals surface area contributed by atoms with Crippen LogP contribution < -0.4 is 14.5 Å². The van der Waals surface area contributed by atoms with Gasteiger partial charge < -0.3 is 38.7 Å². The fourth-order valence-electron chi connectivity index (χ4n) is 7.22. The van der Waals surface area contributed by atoms with E-state index in [-0.39, 0.29) is 23.9 Å². The van der Waals surface area contributed by atoms with Crippen molar-refractivity contribution in [2.75, 3.05) is 13.6 Å². The molecule has 1 fully saturated rings. The molecule has 2 aliphatic heterocycles. The molecule has 0 unspecified atom stereocenters. The highest BCUT2D eigenvalue weighted by Gasteiger charge is 2.72. The number of ether oxygens (including phenoxy) is 4. The standard InChI is InChI=1S/C35H52N2O9Si/c1-12-22(43-31(40)45-32(3,4)5)29(38)36-20(2)30(39)42-24-15-16-35(41)25-19-21-13-14-23(46-47(10,11)33(6,7)8)27-26(21)34(35,28(24)44-27)17-18-37(25)9/h13-15,20,22,25,28,41H,12,16-19H2,1-11H3,(H,36,38)/t20-,22-,25+,28-,34-,35+/m0/s1. The normalized spacial score (nSPS) is 27.8. The second-order valence-corrected chi connectivity index (χ2v) is 20.8. The van der Waals surface area contributed by atoms with Crippen LogP contribution >= 0.6 is 0 Å². The molecule has 1 aromatic rings. The predicted molar refractivity (Wildman–Crippen MR) is 178 cm³/mol. The Bertz CT molecular complexity index is 1480. The van der Waals surface area contributed by atoms with E-state index in [1.807, 2.05) is 13.1 Å². The first-order valence-corrected chi connectivity index (χ1v) is 19.6. The van der Waals surface area contributed by atoms with Gasteiger partial charge in [-0.2, -0.15) is 0 Å². The fraction of sp³-hybridized carbons (Fsp3) is 0.686. The molecule has 2 N–H and O–H groups in total. The van der Waals surface area contributed by atoms with Crippen molar-refractivity contribution in [1.82, 2.24) is 10.2 Å². The molecule has 1 spiro atoms. The molecule has 6 atom stereocenters. The Labute approximate surface area is 279 Å². The number of aliphatic hydroxyl groups is 1. The molecule has 5 rings (SSSR count). The van der Waals surface area contributed by atoms with Crippen LogP contribution in [0.5, 0.6) is 11.5 Å². The van der Waals surface area contributed by atoms with E-state index < -0.39 is 61.2 Å². The van der Waals surface area contributed by atoms with Gasteiger partial charge >= 0.3 is 12.1 Å². The molecule has 0 saturated carbocycles. The van der Waals surface area contributed by atoms with Crippen molar-refractivity contribution in [3.05, 3.63) is 35.1 Å². The minimum Gasteiger partial charge on any atom is -0.541 e. The summed E-state index contributed by atoms with van der Waals surface area (Å²) in [6.45, 7) is 20.0. The van der Waals surface area contributed by atoms with Crippen LogP contribution in [0.25, 0.3) is 0 Å². The molecule has 0 aromatic heterocycles. The van der Waals surface area contributed by atoms with Gasteiger partial charge in [0.15, 0.2) is 18.0 Å². The summed E-state index contributed by atoms with van der Waals surface area (Å²) in [5.74, 6) is 0.245. The quantitative estimate of drug-likeness (QED) is 0.283. The highest BCUT2D eigenvalue weighted by molar-refractivity contribution is 6.74. The summed E-state index contributed by atoms with van der Waals surface area (Å²) >= 11 is 0. The SMILES string of the molecule is CC[C@H](OC(=O)OC(C)(C)C)C(=O)N[C@@H](C)C(=O)OC1=CC[C@@]2(O)[C@H]3Cc4ccc(O[Si](C)(C)C(C)(C)C)c5c4[C@@]2(CCN3C)[C@H]1O5. The smallest absolute Gasteiger partial charge is 0.509 e. The molecule has 47 heavy (non-hydrogen) atoms. The van der Waals surface area contributed by atoms with Crippen LogP contribution in [-0.4, -0.2) is 85.4 Å². The first-order valence-electron chi connectivity index (χ1n) is 16.7. The Morgan fingerprint density at radius 3 is 2.47 bits per heavy atom. The molecule has 260 valence electrons. The van der Waals surface area contributed by atoms with E-state index in [1.54, 1.807) is 33.8 Å². The van der Waals surface area contributed by atoms with Crippen LogP contribution in [0.4, 0.5) is 4.79 Å². The van der Waals surface area contributed by atoms with Gasteiger partial charge in [-0.25, -0.2) is 9.59 Å². The lowest BCUT2D eigenvalue weighted by Gasteiger charge is -2.61. The summed E-state index contributed by atoms with van der Waals surface area (Å²) in [6.07, 6.45) is 0.618. The maximum absolute atomic E-state index is 13.5. The summed E-state index contributed by atoms with van der Waals surface area (Å²) in [6, 6.07) is 2.88. The average Bonchev–Trinajstić information content (AvgIpc) is 3.30. The Balaban J connectivity index is 1.41. The second kappa shape index (κ2) is 11.8. The average molecular weight is 673 g/mol. The lowest BCUT2D eigenvalue weighted by Crippen LogP contribution is -2.74. The van der Waals surface area contributed by atoms with E-state index >= 15 is 0 Å². The first kappa shape index (κ1) is 35.2. The minimum atomic E-state index is -2.26. The third kappa shape index (κ3) is 5.94. The number of piperidine rings is 1. The number of likely N-dealkylation sites (N-methyl/N-ethyl adjacent to an activating group) is 1. The Morgan fingerprint density at radius 1 is 1.17 bits per heavy atom. The van der Waals surface area contributed by atoms with Gasteiger partial charge in [0.1, 0.15) is 23.2 Å². The third-order valence-electron chi connectivity index (χ3n) is 10.7. The number of hydrogen-bond donors (Lipinski definition) is 2. The van der Waals surface area contributed by atoms with Crippen molar-refractivity contribution >= 4 is 26.3 Å². The summed E-state index contributed by atoms with van der Waals surface area (Å²) < 4.78 is 30.0. The number of benzene rings is 1. The highest BCUT2D eigenvalue weighted by atomic mass is 28.4. The van der Waals surface area contributed by atoms with Crippen LogP contribution in [0.15, 0.2) is 24.0 Å². The zero-order valence-electron chi connectivity index (χ0n) is 29.7. The van der Waals surface area contributed by atoms with Crippen LogP contribution in [0, 0.1) is 0 Å². The number of hydrogen-bond acceptors (Lipinski definition) is 10. The van der Waals surface area contributed by atoms with Gasteiger partial charge in [-0.3, -0.25) is 4.79 Å². The highest BCUT2D eigenvalue weighted by Crippen LogP contribution is 2.65. The number of likely N-dealkylation sites (tertiary alicyclic amines) is 1. The first-order chi connectivity index (χ1) is 21.6. The lowest BCUT2D eigenvalue weighted by molar-refractivity contribution is -0.170. The van der Waals surface area contributed by atoms with Crippen LogP contribution in [0.1, 0.15) is 85.8 Å². The summed E-state index contributed by atoms with van der Waals surface area (Å²) in [5, 5.41) is 15.2. The lowest BCUT2D eigenvalue weighted by atomic mass is 9.50. The van der Waals surface area contributed by atoms with Crippen molar-refractivity contribution in [3.8, 4) is 11.5 Å². The summed E-state index contributed by atoms with van der Waals surface area (Å²) in [4.78, 5) is 40.9. The molecular formula is C35H52N2O9Si. The monoisotopic (exact) mass is 672 g/mol. The molecule has 11 nitrogen and oxygen atoms in total. The number of amides is 1. The van der Waals surface area contributed by atoms with E-state index in [1.165, 1.54) is 6.92 Å². The molecule has 0 radical (unpaired) electrons. The van der Waals surface area contributed by atoms with E-state index in [0.29, 0.717) is 30.1 Å². The van der Waals surface area contributed by atoms with Crippen LogP contribution in [0.2, 0.25) is 18.1 Å². The van der Waals surface area contributed by atoms with Gasteiger partial charge in [0.05, 0.1) is 11.0 Å². The van der Waals surface area contributed by atoms with Gasteiger partial charge in [-0.15, -0.1) is 0 Å². The van der Waals surface area contributed by atoms with Crippen molar-refractivity contribution in [3.63, 3.8) is 0 Å². The molecule has 1 aromatic carbocycles. The van der Waals surface area contributed by atoms with Crippen molar-refractivity contribution < 1.29 is 42.9 Å². The van der Waals surface area contributed by atoms with Gasteiger partial charge in [-0.1, -0.05) is 33.8 Å². The largest absolute Gasteiger partial charge is 0.541 e. The molecule has 1 amide bonds. The number of esters is 1. The van der Waals surface area contributed by atoms with Crippen LogP contribution in [0.3, 0.4) is 0 Å². The number of nitrogens with one attached hydrogen (secondary N) is 1. The van der Waals surface area contributed by atoms with Gasteiger partial charge in [-0.05, 0) is 96.4 Å². The fourth-order valence-corrected chi connectivity index (χ4v) is 8.23. The van der Waals surface area contributed by atoms with Gasteiger partial charge in [0.25, 0.3) is 14.2 Å². The molecule has 12 heteroatoms. The Morgan fingerprint density at radius 2 is 1.85 bits per heavy atom. The molecule has 1 saturated heterocycles. The zero-order valence-corrected chi connectivity index (χ0v) is 30.7. The van der Waals surface area contributed by atoms with Crippen molar-refractivity contribution in [1.29, 1.82) is 0 Å². The number of nitrogens with zero attached hydrogens (tertiary/aromatic N) is 1. The molecule has 2 bridgehead atoms. The number of rotatable bonds is 8. The molecular weight excluding hydrogens is 620 g/mol. The number of carbonyl (C=O) groups excluding carboxylic acids is 3. The second-order valence-electron chi connectivity index (χ2n) is 16.1. The van der Waals surface area contributed by atoms with E-state index in [4.69, 9.17) is 23.4 Å².